The van der Waals surface area contributed by atoms with Crippen molar-refractivity contribution in [3.8, 4) is 28.7 Å². The summed E-state index contributed by atoms with van der Waals surface area (Å²) in [5.41, 5.74) is 5.15. The maximum absolute atomic E-state index is 12.4. The van der Waals surface area contributed by atoms with Gasteiger partial charge in [0.25, 0.3) is 0 Å². The van der Waals surface area contributed by atoms with Crippen LogP contribution in [0.5, 0.6) is 28.7 Å². The number of phenols is 5. The lowest BCUT2D eigenvalue weighted by Crippen LogP contribution is -2.75. The minimum atomic E-state index is -0.507. The Hall–Kier alpha value is -5.51. The van der Waals surface area contributed by atoms with E-state index in [-0.39, 0.29) is 68.4 Å². The quantitative estimate of drug-likeness (QED) is 0.0458. The zero-order valence-electron chi connectivity index (χ0n) is 34.3. The van der Waals surface area contributed by atoms with Gasteiger partial charge in [-0.1, -0.05) is 91.8 Å². The number of allylic oxidation sites excluding steroid dienone is 1. The summed E-state index contributed by atoms with van der Waals surface area (Å²) in [6.07, 6.45) is 28.3. The van der Waals surface area contributed by atoms with E-state index in [0.29, 0.717) is 52.7 Å². The molecule has 4 aromatic carbocycles. The van der Waals surface area contributed by atoms with Gasteiger partial charge in [-0.3, -0.25) is 0 Å². The molecule has 10 unspecified atom stereocenters. The number of aliphatic hydroxyl groups is 1. The third kappa shape index (κ3) is 5.55. The second-order valence-corrected chi connectivity index (χ2v) is 19.2. The molecule has 9 nitrogen and oxygen atoms in total. The van der Waals surface area contributed by atoms with Crippen molar-refractivity contribution < 1.29 is 30.6 Å². The van der Waals surface area contributed by atoms with Gasteiger partial charge in [-0.15, -0.1) is 0 Å². The standard InChI is InChI=1S/C52H55N3O6/c56-40-20-12-31(26-43(40)59)11-17-36-37-6-1-7-41(57)45(37)47(61)46(60)38(36)18-10-30-8-13-32(14-9-30)39-19-15-33-27-35-5-3-23-51(35)25-24-50-22-2-4-34(50)16-21-42(58)48(50)52(51,49(33)55-39)44-28-53-29-54-44/h1,6-9,11-17,19-21,26,28-29,33-35,39,42,48-49,55-61H,2-5,10,18,22-25,27H2,(H,53,54). The van der Waals surface area contributed by atoms with Crippen LogP contribution < -0.4 is 5.32 Å². The molecule has 5 aromatic rings. The van der Waals surface area contributed by atoms with E-state index in [4.69, 9.17) is 4.98 Å². The summed E-state index contributed by atoms with van der Waals surface area (Å²) in [4.78, 5) is 8.43. The smallest absolute Gasteiger partial charge is 0.169 e. The Kier molecular flexibility index (Phi) is 8.99. The Morgan fingerprint density at radius 1 is 0.770 bits per heavy atom. The highest BCUT2D eigenvalue weighted by Crippen LogP contribution is 2.77. The van der Waals surface area contributed by atoms with Gasteiger partial charge in [-0.05, 0) is 132 Å². The van der Waals surface area contributed by atoms with Crippen LogP contribution in [0.1, 0.15) is 97.3 Å². The molecule has 11 rings (SSSR count). The number of hydrogen-bond donors (Lipinski definition) is 8. The first kappa shape index (κ1) is 38.4. The number of phenolic OH excluding ortho intramolecular Hbond substituents is 5. The number of rotatable bonds is 7. The van der Waals surface area contributed by atoms with E-state index in [1.54, 1.807) is 24.3 Å². The number of aryl methyl sites for hydroxylation is 1. The summed E-state index contributed by atoms with van der Waals surface area (Å²) in [6.45, 7) is 0. The summed E-state index contributed by atoms with van der Waals surface area (Å²) < 4.78 is 0. The monoisotopic (exact) mass is 817 g/mol. The van der Waals surface area contributed by atoms with Crippen molar-refractivity contribution in [2.45, 2.75) is 94.2 Å². The highest BCUT2D eigenvalue weighted by molar-refractivity contribution is 6.03. The van der Waals surface area contributed by atoms with Crippen LogP contribution in [-0.2, 0) is 18.3 Å². The molecular weight excluding hydrogens is 763 g/mol. The number of nitrogens with one attached hydrogen (secondary N) is 2. The van der Waals surface area contributed by atoms with Crippen molar-refractivity contribution >= 4 is 22.9 Å². The van der Waals surface area contributed by atoms with Gasteiger partial charge in [0.1, 0.15) is 5.75 Å². The third-order valence-electron chi connectivity index (χ3n) is 16.9. The van der Waals surface area contributed by atoms with Crippen LogP contribution in [0.15, 0.2) is 97.5 Å². The minimum absolute atomic E-state index is 0.0103. The van der Waals surface area contributed by atoms with Crippen molar-refractivity contribution in [3.05, 3.63) is 131 Å². The number of aliphatic hydroxyl groups excluding tert-OH is 1. The van der Waals surface area contributed by atoms with E-state index in [2.05, 4.69) is 65.1 Å². The molecule has 4 fully saturated rings. The van der Waals surface area contributed by atoms with Gasteiger partial charge >= 0.3 is 0 Å². The molecule has 0 radical (unpaired) electrons. The fourth-order valence-corrected chi connectivity index (χ4v) is 14.6. The van der Waals surface area contributed by atoms with Gasteiger partial charge in [0.15, 0.2) is 23.0 Å². The van der Waals surface area contributed by atoms with Crippen LogP contribution in [0.3, 0.4) is 0 Å². The molecule has 1 aliphatic heterocycles. The fourth-order valence-electron chi connectivity index (χ4n) is 14.6. The lowest BCUT2D eigenvalue weighted by molar-refractivity contribution is -0.189. The Bertz CT molecular complexity index is 2600. The largest absolute Gasteiger partial charge is 0.507 e. The Morgan fingerprint density at radius 3 is 2.44 bits per heavy atom. The molecule has 4 saturated carbocycles. The van der Waals surface area contributed by atoms with Crippen molar-refractivity contribution in [1.82, 2.24) is 15.3 Å². The molecule has 10 atom stereocenters. The third-order valence-corrected chi connectivity index (χ3v) is 16.9. The molecule has 0 saturated heterocycles. The van der Waals surface area contributed by atoms with Crippen LogP contribution in [-0.4, -0.2) is 52.8 Å². The number of aromatic hydroxyl groups is 5. The summed E-state index contributed by atoms with van der Waals surface area (Å²) in [5, 5.41) is 70.7. The molecule has 2 heterocycles. The van der Waals surface area contributed by atoms with Gasteiger partial charge < -0.3 is 40.9 Å². The van der Waals surface area contributed by atoms with Gasteiger partial charge in [0, 0.05) is 34.8 Å². The zero-order chi connectivity index (χ0) is 41.7. The summed E-state index contributed by atoms with van der Waals surface area (Å²) >= 11 is 0. The van der Waals surface area contributed by atoms with Crippen molar-refractivity contribution in [3.63, 3.8) is 0 Å². The number of nitrogens with zero attached hydrogens (tertiary/aromatic N) is 1. The van der Waals surface area contributed by atoms with Crippen molar-refractivity contribution in [2.75, 3.05) is 0 Å². The Labute approximate surface area is 356 Å². The van der Waals surface area contributed by atoms with Gasteiger partial charge in [-0.2, -0.15) is 0 Å². The van der Waals surface area contributed by atoms with E-state index >= 15 is 0 Å². The van der Waals surface area contributed by atoms with Crippen LogP contribution in [0, 0.1) is 34.5 Å². The maximum Gasteiger partial charge on any atom is 0.169 e. The average molecular weight is 818 g/mol. The molecule has 9 heteroatoms. The average Bonchev–Trinajstić information content (AvgIpc) is 4.05. The molecular formula is C52H55N3O6. The van der Waals surface area contributed by atoms with E-state index < -0.39 is 6.10 Å². The summed E-state index contributed by atoms with van der Waals surface area (Å²) in [5.74, 6) is 0.327. The summed E-state index contributed by atoms with van der Waals surface area (Å²) in [7, 11) is 0. The first-order valence-electron chi connectivity index (χ1n) is 22.4. The van der Waals surface area contributed by atoms with E-state index in [1.807, 2.05) is 12.4 Å². The van der Waals surface area contributed by atoms with Crippen LogP contribution in [0.25, 0.3) is 22.9 Å². The molecule has 1 aromatic heterocycles. The van der Waals surface area contributed by atoms with E-state index in [0.717, 1.165) is 5.56 Å². The number of imidazole rings is 1. The van der Waals surface area contributed by atoms with Crippen LogP contribution in [0.4, 0.5) is 0 Å². The molecule has 61 heavy (non-hydrogen) atoms. The topological polar surface area (TPSA) is 162 Å². The van der Waals surface area contributed by atoms with Crippen molar-refractivity contribution in [1.29, 1.82) is 0 Å². The second kappa shape index (κ2) is 14.3. The van der Waals surface area contributed by atoms with E-state index in [9.17, 15) is 30.6 Å². The number of aromatic amines is 1. The number of benzene rings is 4. The highest BCUT2D eigenvalue weighted by Gasteiger charge is 2.76. The molecule has 2 spiro atoms. The Balaban J connectivity index is 0.918. The number of H-pyrrole nitrogens is 1. The zero-order valence-corrected chi connectivity index (χ0v) is 34.3. The first-order valence-corrected chi connectivity index (χ1v) is 22.4. The first-order chi connectivity index (χ1) is 29.6. The molecule has 0 bridgehead atoms. The molecule has 0 amide bonds. The molecule has 5 aliphatic carbocycles. The maximum atomic E-state index is 12.4. The number of hydrogen-bond acceptors (Lipinski definition) is 8. The SMILES string of the molecule is Oc1ccc(C=Cc2c(CCc3ccc(C4C=CC5CC6CCCC67CCC68CCCC6C=CC(O)C8C7(c6cnc[nH]6)C5N4)cc3)c(O)c(O)c3c(O)cccc23)cc1O. The summed E-state index contributed by atoms with van der Waals surface area (Å²) in [6, 6.07) is 18.4. The number of aromatic nitrogens is 2. The normalized spacial score (nSPS) is 33.6. The molecule has 8 N–H and O–H groups in total. The highest BCUT2D eigenvalue weighted by atomic mass is 16.3. The van der Waals surface area contributed by atoms with Crippen LogP contribution in [0.2, 0.25) is 0 Å². The fraction of sp³-hybridized carbons (Fsp3) is 0.404. The number of fused-ring (bicyclic) bond motifs is 4. The lowest BCUT2D eigenvalue weighted by atomic mass is 9.33. The van der Waals surface area contributed by atoms with Crippen molar-refractivity contribution in [2.24, 2.45) is 34.5 Å². The van der Waals surface area contributed by atoms with E-state index in [1.165, 1.54) is 87.2 Å². The predicted molar refractivity (Wildman–Crippen MR) is 236 cm³/mol. The minimum Gasteiger partial charge on any atom is -0.507 e. The van der Waals surface area contributed by atoms with Crippen LogP contribution >= 0.6 is 0 Å². The Morgan fingerprint density at radius 2 is 1.62 bits per heavy atom. The molecule has 6 aliphatic rings. The predicted octanol–water partition coefficient (Wildman–Crippen LogP) is 9.49. The van der Waals surface area contributed by atoms with Gasteiger partial charge in [0.05, 0.1) is 23.9 Å². The second-order valence-electron chi connectivity index (χ2n) is 19.2. The molecule has 314 valence electrons. The van der Waals surface area contributed by atoms with Gasteiger partial charge in [0.2, 0.25) is 0 Å². The lowest BCUT2D eigenvalue weighted by Gasteiger charge is -2.72. The van der Waals surface area contributed by atoms with Gasteiger partial charge in [-0.25, -0.2) is 4.98 Å².